The Bertz CT molecular complexity index is 398. The summed E-state index contributed by atoms with van der Waals surface area (Å²) < 4.78 is 5.60. The molecule has 0 aliphatic carbocycles. The van der Waals surface area contributed by atoms with Crippen LogP contribution in [0, 0.1) is 0 Å². The van der Waals surface area contributed by atoms with Crippen molar-refractivity contribution in [2.45, 2.75) is 76.0 Å². The van der Waals surface area contributed by atoms with E-state index in [1.54, 1.807) is 14.0 Å². The zero-order valence-electron chi connectivity index (χ0n) is 16.0. The van der Waals surface area contributed by atoms with Gasteiger partial charge in [-0.3, -0.25) is 4.79 Å². The molecule has 154 valence electrons. The summed E-state index contributed by atoms with van der Waals surface area (Å²) in [5.41, 5.74) is 0. The van der Waals surface area contributed by atoms with Gasteiger partial charge in [0.15, 0.2) is 0 Å². The molecule has 1 saturated heterocycles. The number of carbonyl (C=O) groups is 1. The smallest absolute Gasteiger partial charge is 0.219 e. The highest BCUT2D eigenvalue weighted by Gasteiger charge is 2.41. The first-order chi connectivity index (χ1) is 12.4. The number of hydrogen-bond acceptors (Lipinski definition) is 7. The Kier molecular flexibility index (Phi) is 11.3. The summed E-state index contributed by atoms with van der Waals surface area (Å²) in [6.07, 6.45) is 0.315. The topological polar surface area (TPSA) is 122 Å². The molecule has 8 nitrogen and oxygen atoms in total. The summed E-state index contributed by atoms with van der Waals surface area (Å²) in [4.78, 5) is 13.3. The molecule has 5 N–H and O–H groups in total. The number of aliphatic hydroxyl groups is 4. The van der Waals surface area contributed by atoms with Crippen LogP contribution >= 0.6 is 0 Å². The van der Waals surface area contributed by atoms with Gasteiger partial charge < -0.3 is 35.4 Å². The highest BCUT2D eigenvalue weighted by molar-refractivity contribution is 5.75. The number of carbonyl (C=O) groups excluding carboxylic acids is 1. The van der Waals surface area contributed by atoms with Gasteiger partial charge in [-0.05, 0) is 45.7 Å². The fourth-order valence-corrected chi connectivity index (χ4v) is 3.29. The number of unbranched alkanes of at least 4 members (excludes halogenated alkanes) is 2. The third kappa shape index (κ3) is 7.85. The van der Waals surface area contributed by atoms with Crippen LogP contribution in [0.25, 0.3) is 0 Å². The second-order valence-corrected chi connectivity index (χ2v) is 7.04. The van der Waals surface area contributed by atoms with Crippen LogP contribution in [0.15, 0.2) is 0 Å². The van der Waals surface area contributed by atoms with Crippen LogP contribution in [0.5, 0.6) is 0 Å². The number of nitrogens with one attached hydrogen (secondary N) is 1. The molecule has 1 heterocycles. The Hall–Kier alpha value is -0.770. The third-order valence-electron chi connectivity index (χ3n) is 4.99. The Morgan fingerprint density at radius 2 is 1.69 bits per heavy atom. The van der Waals surface area contributed by atoms with Gasteiger partial charge >= 0.3 is 0 Å². The molecule has 0 unspecified atom stereocenters. The number of amides is 1. The number of rotatable bonds is 12. The van der Waals surface area contributed by atoms with E-state index in [0.29, 0.717) is 19.4 Å². The maximum Gasteiger partial charge on any atom is 0.219 e. The lowest BCUT2D eigenvalue weighted by molar-refractivity contribution is -0.218. The van der Waals surface area contributed by atoms with Gasteiger partial charge in [0.05, 0.1) is 18.8 Å². The molecule has 1 rings (SSSR count). The van der Waals surface area contributed by atoms with Crippen molar-refractivity contribution in [1.29, 1.82) is 0 Å². The molecule has 5 atom stereocenters. The molecule has 0 aromatic carbocycles. The molecule has 0 aromatic heterocycles. The summed E-state index contributed by atoms with van der Waals surface area (Å²) in [7, 11) is 1.64. The van der Waals surface area contributed by atoms with Crippen molar-refractivity contribution in [3.8, 4) is 0 Å². The van der Waals surface area contributed by atoms with Crippen molar-refractivity contribution in [3.63, 3.8) is 0 Å². The van der Waals surface area contributed by atoms with Crippen LogP contribution in [0.2, 0.25) is 0 Å². The lowest BCUT2D eigenvalue weighted by Gasteiger charge is -2.39. The maximum atomic E-state index is 11.2. The third-order valence-corrected chi connectivity index (χ3v) is 4.99. The fraction of sp³-hybridized carbons (Fsp3) is 0.944. The van der Waals surface area contributed by atoms with E-state index < -0.39 is 30.5 Å². The van der Waals surface area contributed by atoms with Gasteiger partial charge in [0, 0.05) is 20.0 Å². The Morgan fingerprint density at radius 1 is 1.00 bits per heavy atom. The minimum Gasteiger partial charge on any atom is -0.395 e. The molecule has 26 heavy (non-hydrogen) atoms. The molecule has 0 saturated carbocycles. The van der Waals surface area contributed by atoms with E-state index in [4.69, 9.17) is 4.74 Å². The molecule has 1 fully saturated rings. The molecule has 1 aliphatic heterocycles. The second kappa shape index (κ2) is 12.6. The average molecular weight is 376 g/mol. The first kappa shape index (κ1) is 23.3. The maximum absolute atomic E-state index is 11.2. The molecule has 0 radical (unpaired) electrons. The zero-order chi connectivity index (χ0) is 19.5. The lowest BCUT2D eigenvalue weighted by atomic mass is 9.93. The van der Waals surface area contributed by atoms with Gasteiger partial charge in [-0.2, -0.15) is 0 Å². The van der Waals surface area contributed by atoms with Crippen LogP contribution < -0.4 is 5.32 Å². The van der Waals surface area contributed by atoms with Crippen LogP contribution in [-0.4, -0.2) is 95.0 Å². The quantitative estimate of drug-likeness (QED) is 0.284. The summed E-state index contributed by atoms with van der Waals surface area (Å²) >= 11 is 0. The molecular weight excluding hydrogens is 340 g/mol. The molecule has 1 aliphatic rings. The van der Waals surface area contributed by atoms with Crippen LogP contribution in [-0.2, 0) is 9.53 Å². The molecule has 1 amide bonds. The van der Waals surface area contributed by atoms with Crippen LogP contribution in [0.3, 0.4) is 0 Å². The van der Waals surface area contributed by atoms with Gasteiger partial charge in [0.25, 0.3) is 0 Å². The highest BCUT2D eigenvalue weighted by Crippen LogP contribution is 2.23. The van der Waals surface area contributed by atoms with E-state index in [1.807, 2.05) is 0 Å². The minimum atomic E-state index is -1.18. The fourth-order valence-electron chi connectivity index (χ4n) is 3.29. The number of hydrogen-bond donors (Lipinski definition) is 5. The van der Waals surface area contributed by atoms with Crippen LogP contribution in [0.1, 0.15) is 45.4 Å². The SMILES string of the molecule is CNC(=O)CCCCCN(CCO)CCC[C@@H]1O[C@@H](C)[C@@H](O)[C@@H](O)[C@@H]1O. The first-order valence-corrected chi connectivity index (χ1v) is 9.64. The van der Waals surface area contributed by atoms with Gasteiger partial charge in [-0.15, -0.1) is 0 Å². The van der Waals surface area contributed by atoms with Crippen molar-refractivity contribution >= 4 is 5.91 Å². The molecular formula is C18H36N2O6. The van der Waals surface area contributed by atoms with Crippen molar-refractivity contribution in [3.05, 3.63) is 0 Å². The van der Waals surface area contributed by atoms with E-state index in [2.05, 4.69) is 10.2 Å². The largest absolute Gasteiger partial charge is 0.395 e. The van der Waals surface area contributed by atoms with E-state index >= 15 is 0 Å². The Balaban J connectivity index is 2.27. The first-order valence-electron chi connectivity index (χ1n) is 9.64. The summed E-state index contributed by atoms with van der Waals surface area (Å²) in [6, 6.07) is 0. The summed E-state index contributed by atoms with van der Waals surface area (Å²) in [5, 5.41) is 41.4. The zero-order valence-corrected chi connectivity index (χ0v) is 16.0. The second-order valence-electron chi connectivity index (χ2n) is 7.04. The van der Waals surface area contributed by atoms with Crippen molar-refractivity contribution in [2.24, 2.45) is 0 Å². The summed E-state index contributed by atoms with van der Waals surface area (Å²) in [5.74, 6) is 0.0600. The predicted molar refractivity (Wildman–Crippen MR) is 97.6 cm³/mol. The van der Waals surface area contributed by atoms with Gasteiger partial charge in [0.1, 0.15) is 18.3 Å². The summed E-state index contributed by atoms with van der Waals surface area (Å²) in [6.45, 7) is 3.96. The van der Waals surface area contributed by atoms with E-state index in [-0.39, 0.29) is 12.5 Å². The number of nitrogens with zero attached hydrogens (tertiary/aromatic N) is 1. The molecule has 8 heteroatoms. The number of aliphatic hydroxyl groups excluding tert-OH is 4. The Morgan fingerprint density at radius 3 is 2.35 bits per heavy atom. The highest BCUT2D eigenvalue weighted by atomic mass is 16.5. The number of ether oxygens (including phenoxy) is 1. The van der Waals surface area contributed by atoms with Gasteiger partial charge in [0.2, 0.25) is 5.91 Å². The predicted octanol–water partition coefficient (Wildman–Crippen LogP) is -0.763. The van der Waals surface area contributed by atoms with Gasteiger partial charge in [-0.25, -0.2) is 0 Å². The van der Waals surface area contributed by atoms with Crippen molar-refractivity contribution in [1.82, 2.24) is 10.2 Å². The van der Waals surface area contributed by atoms with Crippen LogP contribution in [0.4, 0.5) is 0 Å². The normalized spacial score (nSPS) is 29.1. The van der Waals surface area contributed by atoms with Gasteiger partial charge in [-0.1, -0.05) is 6.42 Å². The minimum absolute atomic E-state index is 0.0600. The van der Waals surface area contributed by atoms with E-state index in [9.17, 15) is 25.2 Å². The molecule has 0 bridgehead atoms. The van der Waals surface area contributed by atoms with Crippen molar-refractivity contribution in [2.75, 3.05) is 33.3 Å². The Labute approximate surface area is 156 Å². The molecule has 0 spiro atoms. The standard InChI is InChI=1S/C18H36N2O6/c1-13-16(23)18(25)17(24)14(26-13)7-6-10-20(11-12-21)9-5-3-4-8-15(22)19-2/h13-14,16-18,21,23-25H,3-12H2,1-2H3,(H,19,22)/t13-,14-,16+,17+,18+/m0/s1. The average Bonchev–Trinajstić information content (AvgIpc) is 2.63. The molecule has 0 aromatic rings. The van der Waals surface area contributed by atoms with E-state index in [0.717, 1.165) is 38.8 Å². The lowest BCUT2D eigenvalue weighted by Crippen LogP contribution is -2.56. The monoisotopic (exact) mass is 376 g/mol. The van der Waals surface area contributed by atoms with E-state index in [1.165, 1.54) is 0 Å². The van der Waals surface area contributed by atoms with Crippen molar-refractivity contribution < 1.29 is 30.0 Å².